The number of aliphatic hydroxyl groups is 1. The SMILES string of the molecule is NCCCC[C@H](NC(=O)[C@@H](N)Cc1c[nH]c2ccccc12)C(=O)N1CCC[C@H]1C(=O)N[C@@H](CCCN=C(N)N)C(=O)N[C@@H](CO)C(=O)N[C@@H](CCC(N)=O)C(=O)N[C@@H](CCC(N)=O)C(=O)N1CCC[C@H]1C(=O)N[C@@H](CC(=O)O)C(=O)O. The maximum absolute atomic E-state index is 14.3. The number of benzene rings is 1. The first-order chi connectivity index (χ1) is 38.4. The van der Waals surface area contributed by atoms with Crippen molar-refractivity contribution in [2.75, 3.05) is 32.8 Å². The van der Waals surface area contributed by atoms with E-state index in [1.807, 2.05) is 24.3 Å². The first-order valence-corrected chi connectivity index (χ1v) is 26.6. The maximum atomic E-state index is 14.3. The number of guanidine groups is 1. The van der Waals surface area contributed by atoms with Gasteiger partial charge in [0.05, 0.1) is 19.1 Å². The number of rotatable bonds is 34. The fourth-order valence-electron chi connectivity index (χ4n) is 9.46. The number of aromatic amines is 1. The highest BCUT2D eigenvalue weighted by atomic mass is 16.4. The molecule has 4 rings (SSSR count). The summed E-state index contributed by atoms with van der Waals surface area (Å²) >= 11 is 0. The Kier molecular flexibility index (Phi) is 25.7. The predicted octanol–water partition coefficient (Wildman–Crippen LogP) is -5.81. The Morgan fingerprint density at radius 1 is 0.630 bits per heavy atom. The number of carbonyl (C=O) groups is 12. The molecule has 2 saturated heterocycles. The van der Waals surface area contributed by atoms with Crippen LogP contribution >= 0.6 is 0 Å². The summed E-state index contributed by atoms with van der Waals surface area (Å²) in [6, 6.07) is -5.69. The number of nitrogens with one attached hydrogen (secondary N) is 7. The summed E-state index contributed by atoms with van der Waals surface area (Å²) in [5.74, 6) is -12.6. The summed E-state index contributed by atoms with van der Waals surface area (Å²) in [7, 11) is 0. The van der Waals surface area contributed by atoms with Crippen LogP contribution in [0.15, 0.2) is 35.5 Å². The second-order valence-electron chi connectivity index (χ2n) is 19.8. The molecule has 2 aliphatic rings. The number of carboxylic acids is 2. The summed E-state index contributed by atoms with van der Waals surface area (Å²) in [5, 5.41) is 44.5. The number of nitrogens with zero attached hydrogens (tertiary/aromatic N) is 3. The standard InChI is InChI=1S/C50H76N16O15/c51-18-4-3-10-32(61-41(72)28(52)22-26-24-58-29-9-2-1-8-27(26)29)47(78)65-20-6-12-36(65)45(76)60-30(11-5-19-57-50(55)56)42(73)64-35(25-67)44(75)59-31(14-16-38(53)68)43(74)62-33(15-17-39(54)69)48(79)66-21-7-13-37(66)46(77)63-34(49(80)81)23-40(70)71/h1-2,8-9,24,28,30-37,58,67H,3-7,10-23,25,51-52H2,(H2,53,68)(H2,54,69)(H,59,75)(H,60,76)(H,61,72)(H,62,74)(H,63,77)(H,64,73)(H,70,71)(H,80,81)(H4,55,56,57)/t28-,30-,31-,32-,33-,34-,35-,36-,37-/m0/s1. The highest BCUT2D eigenvalue weighted by molar-refractivity contribution is 5.99. The molecule has 9 atom stereocenters. The van der Waals surface area contributed by atoms with Gasteiger partial charge in [0, 0.05) is 49.6 Å². The molecule has 0 aliphatic carbocycles. The molecule has 1 aromatic heterocycles. The molecule has 81 heavy (non-hydrogen) atoms. The van der Waals surface area contributed by atoms with Gasteiger partial charge in [-0.25, -0.2) is 4.79 Å². The van der Waals surface area contributed by atoms with Crippen LogP contribution in [0.2, 0.25) is 0 Å². The minimum Gasteiger partial charge on any atom is -0.481 e. The van der Waals surface area contributed by atoms with Gasteiger partial charge in [-0.05, 0) is 95.2 Å². The molecule has 2 aromatic rings. The van der Waals surface area contributed by atoms with Crippen LogP contribution in [0.25, 0.3) is 10.9 Å². The maximum Gasteiger partial charge on any atom is 0.326 e. The van der Waals surface area contributed by atoms with Crippen LogP contribution in [0.1, 0.15) is 95.5 Å². The normalized spacial score (nSPS) is 17.5. The Labute approximate surface area is 465 Å². The number of fused-ring (bicyclic) bond motifs is 1. The number of hydrogen-bond donors (Lipinski definition) is 16. The predicted molar refractivity (Wildman–Crippen MR) is 288 cm³/mol. The average molecular weight is 1140 g/mol. The Morgan fingerprint density at radius 3 is 1.67 bits per heavy atom. The number of nitrogens with two attached hydrogens (primary N) is 6. The third-order valence-electron chi connectivity index (χ3n) is 13.7. The Morgan fingerprint density at radius 2 is 1.12 bits per heavy atom. The summed E-state index contributed by atoms with van der Waals surface area (Å²) < 4.78 is 0. The van der Waals surface area contributed by atoms with Gasteiger partial charge in [0.25, 0.3) is 0 Å². The zero-order valence-electron chi connectivity index (χ0n) is 44.8. The first-order valence-electron chi connectivity index (χ1n) is 26.6. The summed E-state index contributed by atoms with van der Waals surface area (Å²) in [5.41, 5.74) is 35.5. The van der Waals surface area contributed by atoms with Crippen LogP contribution in [-0.4, -0.2) is 194 Å². The van der Waals surface area contributed by atoms with Crippen LogP contribution in [0.3, 0.4) is 0 Å². The van der Waals surface area contributed by atoms with E-state index < -0.39 is 164 Å². The second-order valence-corrected chi connectivity index (χ2v) is 19.8. The number of unbranched alkanes of at least 4 members (excludes halogenated alkanes) is 1. The number of aliphatic carboxylic acids is 2. The Balaban J connectivity index is 1.51. The van der Waals surface area contributed by atoms with Crippen molar-refractivity contribution in [1.29, 1.82) is 0 Å². The molecular weight excluding hydrogens is 1060 g/mol. The van der Waals surface area contributed by atoms with Crippen LogP contribution in [0.5, 0.6) is 0 Å². The summed E-state index contributed by atoms with van der Waals surface area (Å²) in [6.07, 6.45) is 0.730. The molecule has 2 aliphatic heterocycles. The van der Waals surface area contributed by atoms with Crippen molar-refractivity contribution in [1.82, 2.24) is 46.7 Å². The third kappa shape index (κ3) is 20.0. The second kappa shape index (κ2) is 32.0. The van der Waals surface area contributed by atoms with E-state index in [1.165, 1.54) is 4.90 Å². The van der Waals surface area contributed by atoms with Gasteiger partial charge in [0.15, 0.2) is 5.96 Å². The molecule has 1 aromatic carbocycles. The van der Waals surface area contributed by atoms with Gasteiger partial charge in [0.1, 0.15) is 48.3 Å². The molecule has 0 radical (unpaired) electrons. The number of carbonyl (C=O) groups excluding carboxylic acids is 10. The number of carboxylic acid groups (broad SMARTS) is 2. The van der Waals surface area contributed by atoms with Crippen molar-refractivity contribution in [3.8, 4) is 0 Å². The van der Waals surface area contributed by atoms with Gasteiger partial charge < -0.3 is 96.4 Å². The molecule has 31 nitrogen and oxygen atoms in total. The molecule has 0 spiro atoms. The van der Waals surface area contributed by atoms with E-state index >= 15 is 0 Å². The lowest BCUT2D eigenvalue weighted by Crippen LogP contribution is -2.61. The number of para-hydroxylation sites is 1. The van der Waals surface area contributed by atoms with E-state index in [0.717, 1.165) is 21.4 Å². The lowest BCUT2D eigenvalue weighted by Gasteiger charge is -2.31. The average Bonchev–Trinajstić information content (AvgIpc) is 4.24. The van der Waals surface area contributed by atoms with Crippen LogP contribution < -0.4 is 66.3 Å². The topological polar surface area (TPSA) is 528 Å². The molecule has 0 saturated carbocycles. The van der Waals surface area contributed by atoms with E-state index in [0.29, 0.717) is 25.8 Å². The number of aromatic nitrogens is 1. The van der Waals surface area contributed by atoms with Gasteiger partial charge in [0.2, 0.25) is 59.1 Å². The van der Waals surface area contributed by atoms with Crippen molar-refractivity contribution in [2.45, 2.75) is 151 Å². The largest absolute Gasteiger partial charge is 0.481 e. The zero-order chi connectivity index (χ0) is 59.9. The van der Waals surface area contributed by atoms with Crippen molar-refractivity contribution in [2.24, 2.45) is 39.4 Å². The fraction of sp³-hybridized carbons (Fsp3) is 0.580. The first kappa shape index (κ1) is 65.1. The highest BCUT2D eigenvalue weighted by Gasteiger charge is 2.42. The lowest BCUT2D eigenvalue weighted by molar-refractivity contribution is -0.148. The van der Waals surface area contributed by atoms with Gasteiger partial charge in [-0.3, -0.25) is 57.7 Å². The number of likely N-dealkylation sites (tertiary alicyclic amines) is 2. The Hall–Kier alpha value is -8.45. The number of H-pyrrole nitrogens is 1. The van der Waals surface area contributed by atoms with Crippen LogP contribution in [0.4, 0.5) is 0 Å². The molecule has 0 bridgehead atoms. The number of hydrogen-bond acceptors (Lipinski definition) is 16. The molecule has 446 valence electrons. The van der Waals surface area contributed by atoms with Crippen LogP contribution in [-0.2, 0) is 64.0 Å². The van der Waals surface area contributed by atoms with Crippen LogP contribution in [0, 0.1) is 0 Å². The molecule has 31 heteroatoms. The smallest absolute Gasteiger partial charge is 0.326 e. The third-order valence-corrected chi connectivity index (χ3v) is 13.7. The molecule has 3 heterocycles. The molecule has 22 N–H and O–H groups in total. The van der Waals surface area contributed by atoms with E-state index in [2.05, 4.69) is 41.9 Å². The lowest BCUT2D eigenvalue weighted by atomic mass is 10.0. The van der Waals surface area contributed by atoms with Crippen molar-refractivity contribution < 1.29 is 72.9 Å². The molecule has 10 amide bonds. The quantitative estimate of drug-likeness (QED) is 0.0176. The van der Waals surface area contributed by atoms with Gasteiger partial charge in [-0.1, -0.05) is 18.2 Å². The Bertz CT molecular complexity index is 2630. The zero-order valence-corrected chi connectivity index (χ0v) is 44.8. The molecule has 2 fully saturated rings. The van der Waals surface area contributed by atoms with E-state index in [1.54, 1.807) is 6.20 Å². The fourth-order valence-corrected chi connectivity index (χ4v) is 9.46. The number of amides is 10. The monoisotopic (exact) mass is 1140 g/mol. The van der Waals surface area contributed by atoms with Gasteiger partial charge >= 0.3 is 11.9 Å². The van der Waals surface area contributed by atoms with Crippen molar-refractivity contribution >= 4 is 87.9 Å². The molecular formula is C50H76N16O15. The van der Waals surface area contributed by atoms with Crippen molar-refractivity contribution in [3.63, 3.8) is 0 Å². The minimum absolute atomic E-state index is 0.000301. The number of aliphatic hydroxyl groups excluding tert-OH is 1. The number of aliphatic imine (C=N–C) groups is 1. The van der Waals surface area contributed by atoms with Gasteiger partial charge in [-0.15, -0.1) is 0 Å². The van der Waals surface area contributed by atoms with E-state index in [9.17, 15) is 67.7 Å². The van der Waals surface area contributed by atoms with Gasteiger partial charge in [-0.2, -0.15) is 0 Å². The summed E-state index contributed by atoms with van der Waals surface area (Å²) in [4.78, 5) is 168. The minimum atomic E-state index is -1.85. The highest BCUT2D eigenvalue weighted by Crippen LogP contribution is 2.23. The summed E-state index contributed by atoms with van der Waals surface area (Å²) in [6.45, 7) is -0.787. The number of primary amides is 2. The van der Waals surface area contributed by atoms with E-state index in [4.69, 9.17) is 39.5 Å². The van der Waals surface area contributed by atoms with Crippen molar-refractivity contribution in [3.05, 3.63) is 36.0 Å². The van der Waals surface area contributed by atoms with E-state index in [-0.39, 0.29) is 70.5 Å². The molecule has 0 unspecified atom stereocenters.